The van der Waals surface area contributed by atoms with Crippen molar-refractivity contribution in [3.8, 4) is 0 Å². The summed E-state index contributed by atoms with van der Waals surface area (Å²) >= 11 is 0. The van der Waals surface area contributed by atoms with Crippen LogP contribution in [-0.2, 0) is 0 Å². The fraction of sp³-hybridized carbons (Fsp3) is 0.800. The third kappa shape index (κ3) is 2.65. The van der Waals surface area contributed by atoms with Crippen LogP contribution in [0.3, 0.4) is 0 Å². The molecule has 0 saturated carbocycles. The van der Waals surface area contributed by atoms with Crippen LogP contribution in [0.25, 0.3) is 0 Å². The van der Waals surface area contributed by atoms with Gasteiger partial charge in [-0.1, -0.05) is 0 Å². The van der Waals surface area contributed by atoms with Crippen molar-refractivity contribution in [2.45, 2.75) is 12.5 Å². The molecule has 0 spiro atoms. The second kappa shape index (κ2) is 3.38. The Morgan fingerprint density at radius 1 is 1.60 bits per heavy atom. The first kappa shape index (κ1) is 9.19. The lowest BCUT2D eigenvalue weighted by Crippen LogP contribution is -2.53. The molecule has 0 radical (unpaired) electrons. The number of rotatable bonds is 3. The number of hydrogen-bond donors (Lipinski definition) is 4. The summed E-state index contributed by atoms with van der Waals surface area (Å²) in [7, 11) is 0. The van der Waals surface area contributed by atoms with E-state index in [1.54, 1.807) is 0 Å². The summed E-state index contributed by atoms with van der Waals surface area (Å²) in [6.07, 6.45) is 0. The van der Waals surface area contributed by atoms with Crippen LogP contribution in [-0.4, -0.2) is 35.0 Å². The number of amides is 2. The molecule has 0 aromatic carbocycles. The molecule has 10 heavy (non-hydrogen) atoms. The number of carbonyl (C=O) groups is 1. The van der Waals surface area contributed by atoms with Crippen LogP contribution < -0.4 is 11.1 Å². The minimum Gasteiger partial charge on any atom is -0.394 e. The summed E-state index contributed by atoms with van der Waals surface area (Å²) < 4.78 is 0. The second-order valence-corrected chi connectivity index (χ2v) is 2.37. The van der Waals surface area contributed by atoms with E-state index in [9.17, 15) is 4.79 Å². The molecule has 0 heterocycles. The predicted octanol–water partition coefficient (Wildman–Crippen LogP) is -1.60. The van der Waals surface area contributed by atoms with Gasteiger partial charge in [0.25, 0.3) is 0 Å². The van der Waals surface area contributed by atoms with Crippen molar-refractivity contribution in [1.82, 2.24) is 5.32 Å². The van der Waals surface area contributed by atoms with Gasteiger partial charge in [0.2, 0.25) is 0 Å². The Bertz CT molecular complexity index is 122. The number of nitrogens with two attached hydrogens (primary N) is 1. The van der Waals surface area contributed by atoms with Gasteiger partial charge in [-0.2, -0.15) is 0 Å². The average Bonchev–Trinajstić information content (AvgIpc) is 1.87. The highest BCUT2D eigenvalue weighted by molar-refractivity contribution is 5.72. The van der Waals surface area contributed by atoms with Crippen molar-refractivity contribution in [3.63, 3.8) is 0 Å². The van der Waals surface area contributed by atoms with Gasteiger partial charge in [0.05, 0.1) is 18.8 Å². The molecule has 5 nitrogen and oxygen atoms in total. The van der Waals surface area contributed by atoms with Crippen LogP contribution in [0.2, 0.25) is 0 Å². The van der Waals surface area contributed by atoms with Crippen molar-refractivity contribution >= 4 is 6.03 Å². The molecule has 2 amide bonds. The fourth-order valence-corrected chi connectivity index (χ4v) is 0.426. The molecule has 0 aliphatic rings. The lowest BCUT2D eigenvalue weighted by Gasteiger charge is -2.24. The smallest absolute Gasteiger partial charge is 0.312 e. The number of aliphatic hydroxyl groups is 2. The van der Waals surface area contributed by atoms with E-state index in [1.165, 1.54) is 6.92 Å². The zero-order valence-electron chi connectivity index (χ0n) is 5.79. The standard InChI is InChI=1S/C5H12N2O3/c1-5(2-8,3-9)7-4(6)10/h8-9H,2-3H2,1H3,(H3,6,7,10). The molecule has 60 valence electrons. The van der Waals surface area contributed by atoms with E-state index in [4.69, 9.17) is 15.9 Å². The summed E-state index contributed by atoms with van der Waals surface area (Å²) in [5.41, 5.74) is 3.75. The van der Waals surface area contributed by atoms with E-state index in [-0.39, 0.29) is 13.2 Å². The molecular formula is C5H12N2O3. The molecule has 0 aliphatic heterocycles. The van der Waals surface area contributed by atoms with Crippen LogP contribution in [0.5, 0.6) is 0 Å². The van der Waals surface area contributed by atoms with Gasteiger partial charge in [-0.3, -0.25) is 0 Å². The Labute approximate surface area is 58.8 Å². The Morgan fingerprint density at radius 2 is 2.00 bits per heavy atom. The largest absolute Gasteiger partial charge is 0.394 e. The number of urea groups is 1. The molecule has 0 saturated heterocycles. The second-order valence-electron chi connectivity index (χ2n) is 2.37. The molecule has 0 aromatic rings. The summed E-state index contributed by atoms with van der Waals surface area (Å²) in [5, 5.41) is 19.4. The highest BCUT2D eigenvalue weighted by Crippen LogP contribution is 1.98. The van der Waals surface area contributed by atoms with E-state index < -0.39 is 11.6 Å². The molecule has 0 bridgehead atoms. The maximum atomic E-state index is 10.2. The quantitative estimate of drug-likeness (QED) is 0.388. The van der Waals surface area contributed by atoms with Gasteiger partial charge in [-0.05, 0) is 6.92 Å². The van der Waals surface area contributed by atoms with Gasteiger partial charge in [0.1, 0.15) is 0 Å². The monoisotopic (exact) mass is 148 g/mol. The Kier molecular flexibility index (Phi) is 3.11. The Hall–Kier alpha value is -0.810. The van der Waals surface area contributed by atoms with Crippen molar-refractivity contribution in [2.24, 2.45) is 5.73 Å². The minimum atomic E-state index is -1.01. The van der Waals surface area contributed by atoms with Crippen molar-refractivity contribution in [1.29, 1.82) is 0 Å². The highest BCUT2D eigenvalue weighted by atomic mass is 16.3. The Balaban J connectivity index is 3.92. The van der Waals surface area contributed by atoms with Gasteiger partial charge in [0, 0.05) is 0 Å². The van der Waals surface area contributed by atoms with Gasteiger partial charge in [0.15, 0.2) is 0 Å². The topological polar surface area (TPSA) is 95.6 Å². The molecule has 0 atom stereocenters. The van der Waals surface area contributed by atoms with E-state index in [0.29, 0.717) is 0 Å². The Morgan fingerprint density at radius 3 is 2.10 bits per heavy atom. The van der Waals surface area contributed by atoms with Crippen LogP contribution in [0.4, 0.5) is 4.79 Å². The summed E-state index contributed by atoms with van der Waals surface area (Å²) in [5.74, 6) is 0. The first-order valence-corrected chi connectivity index (χ1v) is 2.83. The molecule has 0 rings (SSSR count). The molecule has 0 unspecified atom stereocenters. The number of primary amides is 1. The molecular weight excluding hydrogens is 136 g/mol. The minimum absolute atomic E-state index is 0.341. The highest BCUT2D eigenvalue weighted by Gasteiger charge is 2.22. The van der Waals surface area contributed by atoms with Crippen LogP contribution >= 0.6 is 0 Å². The van der Waals surface area contributed by atoms with Gasteiger partial charge >= 0.3 is 6.03 Å². The number of carbonyl (C=O) groups excluding carboxylic acids is 1. The summed E-state index contributed by atoms with van der Waals surface area (Å²) in [4.78, 5) is 10.2. The van der Waals surface area contributed by atoms with Crippen molar-refractivity contribution in [3.05, 3.63) is 0 Å². The van der Waals surface area contributed by atoms with Crippen molar-refractivity contribution in [2.75, 3.05) is 13.2 Å². The number of hydrogen-bond acceptors (Lipinski definition) is 3. The molecule has 0 fully saturated rings. The molecule has 5 N–H and O–H groups in total. The number of nitrogens with one attached hydrogen (secondary N) is 1. The first-order chi connectivity index (χ1) is 4.54. The average molecular weight is 148 g/mol. The lowest BCUT2D eigenvalue weighted by molar-refractivity contribution is 0.110. The molecule has 5 heteroatoms. The normalized spacial score (nSPS) is 11.1. The van der Waals surface area contributed by atoms with Gasteiger partial charge in [-0.15, -0.1) is 0 Å². The van der Waals surface area contributed by atoms with Gasteiger partial charge in [-0.25, -0.2) is 4.79 Å². The first-order valence-electron chi connectivity index (χ1n) is 2.83. The molecule has 0 aliphatic carbocycles. The SMILES string of the molecule is CC(CO)(CO)NC(N)=O. The zero-order chi connectivity index (χ0) is 8.20. The van der Waals surface area contributed by atoms with Crippen LogP contribution in [0.15, 0.2) is 0 Å². The van der Waals surface area contributed by atoms with E-state index in [1.807, 2.05) is 0 Å². The predicted molar refractivity (Wildman–Crippen MR) is 35.3 cm³/mol. The van der Waals surface area contributed by atoms with Crippen LogP contribution in [0.1, 0.15) is 6.92 Å². The van der Waals surface area contributed by atoms with Crippen LogP contribution in [0, 0.1) is 0 Å². The van der Waals surface area contributed by atoms with Gasteiger partial charge < -0.3 is 21.3 Å². The summed E-state index contributed by atoms with van der Waals surface area (Å²) in [6, 6.07) is -0.759. The zero-order valence-corrected chi connectivity index (χ0v) is 5.79. The number of aliphatic hydroxyl groups excluding tert-OH is 2. The summed E-state index contributed by atoms with van der Waals surface area (Å²) in [6.45, 7) is 0.802. The maximum absolute atomic E-state index is 10.2. The third-order valence-electron chi connectivity index (χ3n) is 1.12. The third-order valence-corrected chi connectivity index (χ3v) is 1.12. The fourth-order valence-electron chi connectivity index (χ4n) is 0.426. The molecule has 0 aromatic heterocycles. The van der Waals surface area contributed by atoms with E-state index >= 15 is 0 Å². The lowest BCUT2D eigenvalue weighted by atomic mass is 10.1. The van der Waals surface area contributed by atoms with Crippen molar-refractivity contribution < 1.29 is 15.0 Å². The van der Waals surface area contributed by atoms with E-state index in [0.717, 1.165) is 0 Å². The maximum Gasteiger partial charge on any atom is 0.312 e. The van der Waals surface area contributed by atoms with E-state index in [2.05, 4.69) is 5.32 Å².